The van der Waals surface area contributed by atoms with Crippen LogP contribution >= 0.6 is 11.3 Å². The van der Waals surface area contributed by atoms with Crippen LogP contribution in [0, 0.1) is 5.41 Å². The van der Waals surface area contributed by atoms with Gasteiger partial charge in [0.15, 0.2) is 0 Å². The van der Waals surface area contributed by atoms with Crippen molar-refractivity contribution in [2.45, 2.75) is 32.7 Å². The van der Waals surface area contributed by atoms with Crippen molar-refractivity contribution < 1.29 is 14.3 Å². The second-order valence-electron chi connectivity index (χ2n) is 7.25. The van der Waals surface area contributed by atoms with Crippen LogP contribution in [0.25, 0.3) is 6.08 Å². The molecule has 130 valence electrons. The number of carbonyl (C=O) groups excluding carboxylic acids is 2. The van der Waals surface area contributed by atoms with Gasteiger partial charge >= 0.3 is 6.09 Å². The maximum atomic E-state index is 12.3. The SMILES string of the molecule is CC1(C)COC(=O)N(C2CCN(C(=O)/C=C/c3cccs3)CC2)C1. The quantitative estimate of drug-likeness (QED) is 0.788. The molecule has 0 saturated carbocycles. The molecule has 0 radical (unpaired) electrons. The Kier molecular flexibility index (Phi) is 4.94. The zero-order valence-corrected chi connectivity index (χ0v) is 15.1. The zero-order chi connectivity index (χ0) is 17.2. The highest BCUT2D eigenvalue weighted by Crippen LogP contribution is 2.28. The number of ether oxygens (including phenoxy) is 1. The molecule has 1 aromatic rings. The summed E-state index contributed by atoms with van der Waals surface area (Å²) in [5, 5.41) is 1.99. The summed E-state index contributed by atoms with van der Waals surface area (Å²) in [7, 11) is 0. The first kappa shape index (κ1) is 17.0. The summed E-state index contributed by atoms with van der Waals surface area (Å²) in [6.07, 6.45) is 4.92. The number of hydrogen-bond donors (Lipinski definition) is 0. The molecule has 0 unspecified atom stereocenters. The van der Waals surface area contributed by atoms with Gasteiger partial charge in [0, 0.05) is 42.0 Å². The van der Waals surface area contributed by atoms with E-state index >= 15 is 0 Å². The number of thiophene rings is 1. The zero-order valence-electron chi connectivity index (χ0n) is 14.2. The summed E-state index contributed by atoms with van der Waals surface area (Å²) in [6, 6.07) is 4.13. The Balaban J connectivity index is 1.53. The molecule has 24 heavy (non-hydrogen) atoms. The predicted octanol–water partition coefficient (Wildman–Crippen LogP) is 3.23. The molecule has 0 bridgehead atoms. The molecule has 0 atom stereocenters. The normalized spacial score (nSPS) is 22.0. The molecule has 0 N–H and O–H groups in total. The molecular formula is C18H24N2O3S. The Hall–Kier alpha value is -1.82. The van der Waals surface area contributed by atoms with Gasteiger partial charge < -0.3 is 14.5 Å². The van der Waals surface area contributed by atoms with Crippen molar-refractivity contribution >= 4 is 29.4 Å². The number of amides is 2. The van der Waals surface area contributed by atoms with Gasteiger partial charge in [-0.15, -0.1) is 11.3 Å². The molecule has 2 aliphatic rings. The van der Waals surface area contributed by atoms with Gasteiger partial charge in [0.25, 0.3) is 0 Å². The van der Waals surface area contributed by atoms with Gasteiger partial charge in [-0.2, -0.15) is 0 Å². The largest absolute Gasteiger partial charge is 0.449 e. The second kappa shape index (κ2) is 6.97. The van der Waals surface area contributed by atoms with Crippen LogP contribution < -0.4 is 0 Å². The van der Waals surface area contributed by atoms with Crippen LogP contribution in [-0.4, -0.2) is 54.1 Å². The molecule has 2 aliphatic heterocycles. The molecule has 0 aliphatic carbocycles. The van der Waals surface area contributed by atoms with E-state index in [0.717, 1.165) is 24.3 Å². The number of cyclic esters (lactones) is 1. The minimum Gasteiger partial charge on any atom is -0.449 e. The van der Waals surface area contributed by atoms with Gasteiger partial charge in [-0.25, -0.2) is 4.79 Å². The molecule has 0 aromatic carbocycles. The molecule has 3 rings (SSSR count). The minimum atomic E-state index is -0.211. The Morgan fingerprint density at radius 3 is 2.79 bits per heavy atom. The van der Waals surface area contributed by atoms with Crippen LogP contribution in [0.2, 0.25) is 0 Å². The van der Waals surface area contributed by atoms with Crippen molar-refractivity contribution in [1.82, 2.24) is 9.80 Å². The van der Waals surface area contributed by atoms with Crippen molar-refractivity contribution in [1.29, 1.82) is 0 Å². The molecule has 2 amide bonds. The van der Waals surface area contributed by atoms with Gasteiger partial charge in [0.05, 0.1) is 6.61 Å². The Labute approximate surface area is 146 Å². The van der Waals surface area contributed by atoms with Crippen molar-refractivity contribution in [2.24, 2.45) is 5.41 Å². The third kappa shape index (κ3) is 3.98. The van der Waals surface area contributed by atoms with E-state index in [9.17, 15) is 9.59 Å². The third-order valence-corrected chi connectivity index (χ3v) is 5.41. The third-order valence-electron chi connectivity index (χ3n) is 4.57. The fourth-order valence-corrected chi connectivity index (χ4v) is 3.85. The molecule has 1 aromatic heterocycles. The lowest BCUT2D eigenvalue weighted by Gasteiger charge is -2.44. The van der Waals surface area contributed by atoms with Gasteiger partial charge in [-0.3, -0.25) is 4.79 Å². The first-order valence-electron chi connectivity index (χ1n) is 8.38. The molecular weight excluding hydrogens is 324 g/mol. The minimum absolute atomic E-state index is 0.00961. The average molecular weight is 348 g/mol. The lowest BCUT2D eigenvalue weighted by Crippen LogP contribution is -2.55. The van der Waals surface area contributed by atoms with E-state index in [-0.39, 0.29) is 23.5 Å². The molecule has 0 spiro atoms. The predicted molar refractivity (Wildman–Crippen MR) is 94.8 cm³/mol. The average Bonchev–Trinajstić information content (AvgIpc) is 3.08. The van der Waals surface area contributed by atoms with E-state index in [4.69, 9.17) is 4.74 Å². The van der Waals surface area contributed by atoms with Crippen LogP contribution in [0.15, 0.2) is 23.6 Å². The highest BCUT2D eigenvalue weighted by Gasteiger charge is 2.38. The summed E-state index contributed by atoms with van der Waals surface area (Å²) in [5.41, 5.74) is -0.00961. The van der Waals surface area contributed by atoms with Crippen molar-refractivity contribution in [3.63, 3.8) is 0 Å². The standard InChI is InChI=1S/C18H24N2O3S/c1-18(2)12-20(17(22)23-13-18)14-7-9-19(10-8-14)16(21)6-5-15-4-3-11-24-15/h3-6,11,14H,7-10,12-13H2,1-2H3/b6-5+. The number of piperidine rings is 1. The van der Waals surface area contributed by atoms with Crippen LogP contribution in [0.4, 0.5) is 4.79 Å². The van der Waals surface area contributed by atoms with E-state index in [1.807, 2.05) is 33.4 Å². The lowest BCUT2D eigenvalue weighted by molar-refractivity contribution is -0.127. The number of hydrogen-bond acceptors (Lipinski definition) is 4. The van der Waals surface area contributed by atoms with Gasteiger partial charge in [-0.1, -0.05) is 19.9 Å². The summed E-state index contributed by atoms with van der Waals surface area (Å²) in [6.45, 7) is 6.79. The van der Waals surface area contributed by atoms with E-state index in [2.05, 4.69) is 13.8 Å². The van der Waals surface area contributed by atoms with Crippen molar-refractivity contribution in [3.8, 4) is 0 Å². The summed E-state index contributed by atoms with van der Waals surface area (Å²) in [5.74, 6) is 0.0448. The first-order valence-corrected chi connectivity index (χ1v) is 9.26. The summed E-state index contributed by atoms with van der Waals surface area (Å²) in [4.78, 5) is 29.1. The lowest BCUT2D eigenvalue weighted by atomic mass is 9.91. The summed E-state index contributed by atoms with van der Waals surface area (Å²) < 4.78 is 5.31. The molecule has 3 heterocycles. The Morgan fingerprint density at radius 1 is 1.38 bits per heavy atom. The molecule has 2 fully saturated rings. The highest BCUT2D eigenvalue weighted by atomic mass is 32.1. The summed E-state index contributed by atoms with van der Waals surface area (Å²) >= 11 is 1.62. The highest BCUT2D eigenvalue weighted by molar-refractivity contribution is 7.10. The Morgan fingerprint density at radius 2 is 2.12 bits per heavy atom. The van der Waals surface area contributed by atoms with E-state index in [0.29, 0.717) is 19.7 Å². The maximum absolute atomic E-state index is 12.3. The van der Waals surface area contributed by atoms with Gasteiger partial charge in [0.2, 0.25) is 5.91 Å². The van der Waals surface area contributed by atoms with Crippen LogP contribution in [-0.2, 0) is 9.53 Å². The van der Waals surface area contributed by atoms with E-state index in [1.54, 1.807) is 17.4 Å². The molecule has 5 nitrogen and oxygen atoms in total. The topological polar surface area (TPSA) is 49.9 Å². The monoisotopic (exact) mass is 348 g/mol. The smallest absolute Gasteiger partial charge is 0.410 e. The van der Waals surface area contributed by atoms with Crippen LogP contribution in [0.5, 0.6) is 0 Å². The first-order chi connectivity index (χ1) is 11.4. The van der Waals surface area contributed by atoms with E-state index < -0.39 is 0 Å². The molecule has 6 heteroatoms. The molecule has 2 saturated heterocycles. The fraction of sp³-hybridized carbons (Fsp3) is 0.556. The maximum Gasteiger partial charge on any atom is 0.410 e. The van der Waals surface area contributed by atoms with Crippen LogP contribution in [0.1, 0.15) is 31.6 Å². The van der Waals surface area contributed by atoms with Crippen molar-refractivity contribution in [2.75, 3.05) is 26.2 Å². The van der Waals surface area contributed by atoms with Gasteiger partial charge in [0.1, 0.15) is 0 Å². The number of nitrogens with zero attached hydrogens (tertiary/aromatic N) is 2. The van der Waals surface area contributed by atoms with Gasteiger partial charge in [-0.05, 0) is 30.4 Å². The number of likely N-dealkylation sites (tertiary alicyclic amines) is 1. The Bertz CT molecular complexity index is 616. The second-order valence-corrected chi connectivity index (χ2v) is 8.23. The van der Waals surface area contributed by atoms with E-state index in [1.165, 1.54) is 0 Å². The van der Waals surface area contributed by atoms with Crippen molar-refractivity contribution in [3.05, 3.63) is 28.5 Å². The number of rotatable bonds is 3. The fourth-order valence-electron chi connectivity index (χ4n) is 3.23. The van der Waals surface area contributed by atoms with Crippen LogP contribution in [0.3, 0.4) is 0 Å². The number of carbonyl (C=O) groups is 2.